The van der Waals surface area contributed by atoms with Crippen molar-refractivity contribution in [2.24, 2.45) is 27.9 Å². The van der Waals surface area contributed by atoms with Crippen LogP contribution in [0, 0.1) is 22.2 Å². The fourth-order valence-corrected chi connectivity index (χ4v) is 9.28. The summed E-state index contributed by atoms with van der Waals surface area (Å²) in [6.07, 6.45) is 2.19. The first-order chi connectivity index (χ1) is 31.7. The average molecular weight is 932 g/mol. The third-order valence-electron chi connectivity index (χ3n) is 13.2. The fraction of sp³-hybridized carbons (Fsp3) is 0.600. The SMILES string of the molecule is CCC(CC(C)(CC(C)(CC(C)(C)C(=O)N1CCC1N(C)CC)C(=O)NCCCCCC(=O)ON1C(=O)CCC1O)C(=O)NCCCNC(=O)c1ccc(C(=O)c2ccccc2)cc1)C(N)=O. The molecule has 368 valence electrons. The zero-order chi connectivity index (χ0) is 49.5. The van der Waals surface area contributed by atoms with Gasteiger partial charge in [0.1, 0.15) is 0 Å². The summed E-state index contributed by atoms with van der Waals surface area (Å²) in [5.41, 5.74) is 3.57. The van der Waals surface area contributed by atoms with Gasteiger partial charge < -0.3 is 36.5 Å². The number of aliphatic hydroxyl groups is 1. The third kappa shape index (κ3) is 14.7. The number of unbranched alkanes of at least 4 members (excludes halogenated alkanes) is 2. The quantitative estimate of drug-likeness (QED) is 0.0620. The number of carbonyl (C=O) groups is 8. The Morgan fingerprint density at radius 3 is 1.96 bits per heavy atom. The molecule has 67 heavy (non-hydrogen) atoms. The maximum absolute atomic E-state index is 14.6. The van der Waals surface area contributed by atoms with E-state index in [0.717, 1.165) is 13.0 Å². The van der Waals surface area contributed by atoms with Gasteiger partial charge in [0.05, 0.1) is 6.17 Å². The average Bonchev–Trinajstić information content (AvgIpc) is 3.60. The van der Waals surface area contributed by atoms with Crippen molar-refractivity contribution in [3.63, 3.8) is 0 Å². The van der Waals surface area contributed by atoms with E-state index in [9.17, 15) is 43.5 Å². The van der Waals surface area contributed by atoms with Crippen molar-refractivity contribution >= 4 is 47.2 Å². The van der Waals surface area contributed by atoms with Gasteiger partial charge in [-0.2, -0.15) is 0 Å². The highest BCUT2D eigenvalue weighted by atomic mass is 16.7. The summed E-state index contributed by atoms with van der Waals surface area (Å²) >= 11 is 0. The minimum Gasteiger partial charge on any atom is -0.370 e. The van der Waals surface area contributed by atoms with Crippen molar-refractivity contribution in [2.75, 3.05) is 39.8 Å². The number of ketones is 1. The highest BCUT2D eigenvalue weighted by Gasteiger charge is 2.51. The number of nitrogens with two attached hydrogens (primary N) is 1. The molecular weight excluding hydrogens is 859 g/mol. The molecule has 0 aromatic heterocycles. The molecule has 17 heteroatoms. The van der Waals surface area contributed by atoms with E-state index in [4.69, 9.17) is 10.6 Å². The molecule has 2 fully saturated rings. The fourth-order valence-electron chi connectivity index (χ4n) is 9.28. The zero-order valence-electron chi connectivity index (χ0n) is 40.5. The Hall–Kier alpha value is -5.68. The Kier molecular flexibility index (Phi) is 19.6. The van der Waals surface area contributed by atoms with Gasteiger partial charge in [-0.3, -0.25) is 38.5 Å². The molecular formula is C50H73N7O10. The van der Waals surface area contributed by atoms with E-state index >= 15 is 0 Å². The zero-order valence-corrected chi connectivity index (χ0v) is 40.5. The van der Waals surface area contributed by atoms with Crippen LogP contribution in [0.3, 0.4) is 0 Å². The Bertz CT molecular complexity index is 2060. The molecule has 6 amide bonds. The Balaban J connectivity index is 1.44. The number of carbonyl (C=O) groups excluding carboxylic acids is 8. The lowest BCUT2D eigenvalue weighted by Gasteiger charge is -2.50. The highest BCUT2D eigenvalue weighted by molar-refractivity contribution is 6.09. The number of likely N-dealkylation sites (tertiary alicyclic amines) is 1. The molecule has 2 heterocycles. The lowest BCUT2D eigenvalue weighted by molar-refractivity contribution is -0.220. The molecule has 0 aliphatic carbocycles. The van der Waals surface area contributed by atoms with Crippen molar-refractivity contribution in [2.45, 2.75) is 131 Å². The molecule has 0 spiro atoms. The van der Waals surface area contributed by atoms with Crippen molar-refractivity contribution in [1.29, 1.82) is 0 Å². The monoisotopic (exact) mass is 932 g/mol. The first-order valence-electron chi connectivity index (χ1n) is 23.7. The summed E-state index contributed by atoms with van der Waals surface area (Å²) in [7, 11) is 1.97. The van der Waals surface area contributed by atoms with Gasteiger partial charge >= 0.3 is 5.97 Å². The standard InChI is InChI=1S/C50H73N7O10/c1-8-34(43(51)62)31-49(5,45(64)54-29-16-28-52-44(63)37-22-20-36(21-23-37)42(61)35-17-12-10-13-18-35)33-50(6,32-48(3,4)47(66)56-30-26-38(56)55(7)9-2)46(65)53-27-15-11-14-19-41(60)67-57-39(58)24-25-40(57)59/h10,12-13,17-18,20-23,34,38-39,58H,8-9,11,14-16,19,24-33H2,1-7H3,(H2,51,62)(H,52,63)(H,53,65)(H,54,64). The van der Waals surface area contributed by atoms with Crippen molar-refractivity contribution in [1.82, 2.24) is 30.8 Å². The second-order valence-electron chi connectivity index (χ2n) is 19.3. The van der Waals surface area contributed by atoms with E-state index in [2.05, 4.69) is 20.9 Å². The van der Waals surface area contributed by atoms with Crippen LogP contribution in [-0.2, 0) is 33.6 Å². The number of nitrogens with one attached hydrogen (secondary N) is 3. The molecule has 0 saturated carbocycles. The molecule has 2 saturated heterocycles. The molecule has 6 N–H and O–H groups in total. The highest BCUT2D eigenvalue weighted by Crippen LogP contribution is 2.47. The Labute approximate surface area is 395 Å². The molecule has 2 aliphatic heterocycles. The topological polar surface area (TPSA) is 238 Å². The van der Waals surface area contributed by atoms with Crippen LogP contribution in [0.2, 0.25) is 0 Å². The van der Waals surface area contributed by atoms with Crippen LogP contribution in [0.4, 0.5) is 0 Å². The van der Waals surface area contributed by atoms with E-state index in [1.807, 2.05) is 45.7 Å². The molecule has 2 aromatic carbocycles. The normalized spacial score (nSPS) is 18.3. The number of hydrogen-bond acceptors (Lipinski definition) is 11. The van der Waals surface area contributed by atoms with E-state index < -0.39 is 52.1 Å². The van der Waals surface area contributed by atoms with Crippen LogP contribution < -0.4 is 21.7 Å². The Morgan fingerprint density at radius 2 is 1.39 bits per heavy atom. The summed E-state index contributed by atoms with van der Waals surface area (Å²) in [6.45, 7) is 12.9. The molecule has 17 nitrogen and oxygen atoms in total. The molecule has 0 bridgehead atoms. The molecule has 2 aliphatic rings. The number of hydrogen-bond donors (Lipinski definition) is 5. The van der Waals surface area contributed by atoms with Gasteiger partial charge in [-0.1, -0.05) is 90.4 Å². The van der Waals surface area contributed by atoms with Crippen LogP contribution >= 0.6 is 0 Å². The first-order valence-corrected chi connectivity index (χ1v) is 23.7. The number of hydroxylamine groups is 2. The van der Waals surface area contributed by atoms with Crippen LogP contribution in [0.5, 0.6) is 0 Å². The Morgan fingerprint density at radius 1 is 0.791 bits per heavy atom. The van der Waals surface area contributed by atoms with E-state index in [1.165, 1.54) is 0 Å². The van der Waals surface area contributed by atoms with Crippen LogP contribution in [0.1, 0.15) is 145 Å². The summed E-state index contributed by atoms with van der Waals surface area (Å²) in [5, 5.41) is 19.5. The maximum Gasteiger partial charge on any atom is 0.332 e. The van der Waals surface area contributed by atoms with Gasteiger partial charge in [0.25, 0.3) is 11.8 Å². The second kappa shape index (κ2) is 24.4. The largest absolute Gasteiger partial charge is 0.370 e. The first kappa shape index (κ1) is 53.9. The third-order valence-corrected chi connectivity index (χ3v) is 13.2. The van der Waals surface area contributed by atoms with Gasteiger partial charge in [0, 0.05) is 84.3 Å². The van der Waals surface area contributed by atoms with Crippen molar-refractivity contribution in [3.8, 4) is 0 Å². The van der Waals surface area contributed by atoms with Crippen LogP contribution in [0.25, 0.3) is 0 Å². The van der Waals surface area contributed by atoms with Gasteiger partial charge in [0.15, 0.2) is 12.0 Å². The van der Waals surface area contributed by atoms with E-state index in [0.29, 0.717) is 60.4 Å². The lowest BCUT2D eigenvalue weighted by atomic mass is 9.62. The number of rotatable bonds is 27. The summed E-state index contributed by atoms with van der Waals surface area (Å²) < 4.78 is 0. The molecule has 0 radical (unpaired) electrons. The molecule has 4 rings (SSSR count). The molecule has 5 unspecified atom stereocenters. The summed E-state index contributed by atoms with van der Waals surface area (Å²) in [6, 6.07) is 15.2. The minimum absolute atomic E-state index is 0.00794. The van der Waals surface area contributed by atoms with E-state index in [-0.39, 0.29) is 87.8 Å². The molecule has 2 aromatic rings. The summed E-state index contributed by atoms with van der Waals surface area (Å²) in [5.74, 6) is -3.72. The number of nitrogens with zero attached hydrogens (tertiary/aromatic N) is 3. The number of benzene rings is 2. The second-order valence-corrected chi connectivity index (χ2v) is 19.3. The van der Waals surface area contributed by atoms with Crippen molar-refractivity contribution < 1.29 is 48.3 Å². The van der Waals surface area contributed by atoms with Crippen LogP contribution in [0.15, 0.2) is 54.6 Å². The van der Waals surface area contributed by atoms with Gasteiger partial charge in [0.2, 0.25) is 23.6 Å². The van der Waals surface area contributed by atoms with Crippen LogP contribution in [-0.4, -0.2) is 119 Å². The minimum atomic E-state index is -1.31. The maximum atomic E-state index is 14.6. The number of aliphatic hydroxyl groups excluding tert-OH is 1. The lowest BCUT2D eigenvalue weighted by Crippen LogP contribution is -2.62. The number of primary amides is 1. The predicted octanol–water partition coefficient (Wildman–Crippen LogP) is 4.46. The van der Waals surface area contributed by atoms with Gasteiger partial charge in [-0.25, -0.2) is 4.79 Å². The summed E-state index contributed by atoms with van der Waals surface area (Å²) in [4.78, 5) is 115. The number of amides is 6. The van der Waals surface area contributed by atoms with Crippen molar-refractivity contribution in [3.05, 3.63) is 71.3 Å². The van der Waals surface area contributed by atoms with Gasteiger partial charge in [-0.05, 0) is 77.1 Å². The van der Waals surface area contributed by atoms with E-state index in [1.54, 1.807) is 62.4 Å². The predicted molar refractivity (Wildman–Crippen MR) is 251 cm³/mol. The van der Waals surface area contributed by atoms with Gasteiger partial charge in [-0.15, -0.1) is 5.06 Å². The molecule has 5 atom stereocenters. The smallest absolute Gasteiger partial charge is 0.332 e.